The standard InChI is InChI=1S/C9H14N4O3.ClH/c14-7(15)2-1-6-9(16)13-12-8(11-6)5-3-10-4-5;/h5-6,10H,1-4H2,(H,11,12)(H,13,16)(H,14,15);1H. The molecule has 0 saturated carbocycles. The Bertz CT molecular complexity index is 343. The smallest absolute Gasteiger partial charge is 0.303 e. The number of aliphatic imine (C=N–C) groups is 1. The minimum Gasteiger partial charge on any atom is -0.481 e. The maximum absolute atomic E-state index is 11.4. The average Bonchev–Trinajstić information content (AvgIpc) is 2.16. The van der Waals surface area contributed by atoms with Crippen LogP contribution in [-0.4, -0.2) is 41.9 Å². The highest BCUT2D eigenvalue weighted by molar-refractivity contribution is 5.95. The van der Waals surface area contributed by atoms with E-state index in [1.54, 1.807) is 0 Å². The Balaban J connectivity index is 0.00000144. The lowest BCUT2D eigenvalue weighted by molar-refractivity contribution is -0.137. The summed E-state index contributed by atoms with van der Waals surface area (Å²) in [5.74, 6) is -0.132. The highest BCUT2D eigenvalue weighted by atomic mass is 35.5. The van der Waals surface area contributed by atoms with Crippen molar-refractivity contribution in [3.05, 3.63) is 0 Å². The molecule has 17 heavy (non-hydrogen) atoms. The maximum Gasteiger partial charge on any atom is 0.303 e. The summed E-state index contributed by atoms with van der Waals surface area (Å²) < 4.78 is 0. The molecule has 4 N–H and O–H groups in total. The second kappa shape index (κ2) is 5.83. The van der Waals surface area contributed by atoms with Crippen molar-refractivity contribution in [2.75, 3.05) is 13.1 Å². The number of hydrogen-bond acceptors (Lipinski definition) is 5. The number of halogens is 1. The van der Waals surface area contributed by atoms with Crippen molar-refractivity contribution >= 4 is 30.1 Å². The minimum absolute atomic E-state index is 0. The number of carbonyl (C=O) groups is 2. The lowest BCUT2D eigenvalue weighted by Gasteiger charge is -2.32. The van der Waals surface area contributed by atoms with Crippen molar-refractivity contribution in [3.8, 4) is 0 Å². The number of carboxylic acids is 1. The SMILES string of the molecule is Cl.O=C(O)CCC1N=C(C2CNC2)NNC1=O. The Labute approximate surface area is 104 Å². The van der Waals surface area contributed by atoms with Crippen LogP contribution in [0.25, 0.3) is 0 Å². The van der Waals surface area contributed by atoms with Crippen LogP contribution in [0.3, 0.4) is 0 Å². The van der Waals surface area contributed by atoms with E-state index < -0.39 is 12.0 Å². The van der Waals surface area contributed by atoms with E-state index in [0.717, 1.165) is 18.9 Å². The van der Waals surface area contributed by atoms with Crippen LogP contribution in [0, 0.1) is 5.92 Å². The van der Waals surface area contributed by atoms with Gasteiger partial charge in [-0.2, -0.15) is 0 Å². The van der Waals surface area contributed by atoms with Gasteiger partial charge in [-0.25, -0.2) is 0 Å². The van der Waals surface area contributed by atoms with Gasteiger partial charge >= 0.3 is 5.97 Å². The van der Waals surface area contributed by atoms with E-state index in [4.69, 9.17) is 5.11 Å². The second-order valence-corrected chi connectivity index (χ2v) is 3.93. The Morgan fingerprint density at radius 1 is 1.41 bits per heavy atom. The van der Waals surface area contributed by atoms with Crippen LogP contribution in [0.1, 0.15) is 12.8 Å². The molecular weight excluding hydrogens is 248 g/mol. The number of hydrogen-bond donors (Lipinski definition) is 4. The number of nitrogens with zero attached hydrogens (tertiary/aromatic N) is 1. The van der Waals surface area contributed by atoms with Crippen molar-refractivity contribution < 1.29 is 14.7 Å². The first kappa shape index (κ1) is 13.7. The van der Waals surface area contributed by atoms with Crippen LogP contribution in [-0.2, 0) is 9.59 Å². The van der Waals surface area contributed by atoms with Crippen LogP contribution in [0.2, 0.25) is 0 Å². The number of carboxylic acid groups (broad SMARTS) is 1. The van der Waals surface area contributed by atoms with Gasteiger partial charge in [0.25, 0.3) is 5.91 Å². The molecule has 0 aromatic rings. The number of rotatable bonds is 4. The fraction of sp³-hybridized carbons (Fsp3) is 0.667. The highest BCUT2D eigenvalue weighted by Crippen LogP contribution is 2.11. The fourth-order valence-corrected chi connectivity index (χ4v) is 1.61. The molecule has 0 aliphatic carbocycles. The van der Waals surface area contributed by atoms with Gasteiger partial charge in [0.1, 0.15) is 11.9 Å². The summed E-state index contributed by atoms with van der Waals surface area (Å²) in [5.41, 5.74) is 5.27. The zero-order chi connectivity index (χ0) is 11.5. The summed E-state index contributed by atoms with van der Waals surface area (Å²) in [5, 5.41) is 11.7. The molecule has 0 aromatic carbocycles. The summed E-state index contributed by atoms with van der Waals surface area (Å²) in [7, 11) is 0. The van der Waals surface area contributed by atoms with Crippen molar-refractivity contribution in [2.45, 2.75) is 18.9 Å². The van der Waals surface area contributed by atoms with Gasteiger partial charge in [0.15, 0.2) is 0 Å². The van der Waals surface area contributed by atoms with Crippen molar-refractivity contribution in [2.24, 2.45) is 10.9 Å². The van der Waals surface area contributed by atoms with Crippen LogP contribution in [0.15, 0.2) is 4.99 Å². The normalized spacial score (nSPS) is 23.6. The zero-order valence-electron chi connectivity index (χ0n) is 9.10. The first-order valence-electron chi connectivity index (χ1n) is 5.23. The van der Waals surface area contributed by atoms with Gasteiger partial charge in [-0.05, 0) is 6.42 Å². The molecule has 1 amide bonds. The molecule has 2 aliphatic rings. The van der Waals surface area contributed by atoms with E-state index in [9.17, 15) is 9.59 Å². The van der Waals surface area contributed by atoms with Gasteiger partial charge in [0.05, 0.1) is 0 Å². The van der Waals surface area contributed by atoms with E-state index in [-0.39, 0.29) is 31.2 Å². The van der Waals surface area contributed by atoms with Gasteiger partial charge in [0.2, 0.25) is 0 Å². The predicted molar refractivity (Wildman–Crippen MR) is 63.0 cm³/mol. The van der Waals surface area contributed by atoms with E-state index in [1.807, 2.05) is 0 Å². The molecule has 0 bridgehead atoms. The third-order valence-electron chi connectivity index (χ3n) is 2.71. The summed E-state index contributed by atoms with van der Waals surface area (Å²) in [6.07, 6.45) is 0.199. The highest BCUT2D eigenvalue weighted by Gasteiger charge is 2.30. The molecule has 1 fully saturated rings. The van der Waals surface area contributed by atoms with Gasteiger partial charge in [-0.1, -0.05) is 0 Å². The summed E-state index contributed by atoms with van der Waals surface area (Å²) in [4.78, 5) is 26.1. The third kappa shape index (κ3) is 3.31. The second-order valence-electron chi connectivity index (χ2n) is 3.93. The Morgan fingerprint density at radius 3 is 2.65 bits per heavy atom. The molecule has 1 saturated heterocycles. The van der Waals surface area contributed by atoms with Gasteiger partial charge < -0.3 is 10.4 Å². The predicted octanol–water partition coefficient (Wildman–Crippen LogP) is -1.11. The van der Waals surface area contributed by atoms with Gasteiger partial charge in [0, 0.05) is 25.4 Å². The van der Waals surface area contributed by atoms with Gasteiger partial charge in [-0.3, -0.25) is 25.4 Å². The molecule has 0 radical (unpaired) electrons. The Hall–Kier alpha value is -1.34. The summed E-state index contributed by atoms with van der Waals surface area (Å²) in [6, 6.07) is -0.576. The quantitative estimate of drug-likeness (QED) is 0.515. The first-order valence-corrected chi connectivity index (χ1v) is 5.23. The number of aliphatic carboxylic acids is 1. The molecule has 0 aromatic heterocycles. The van der Waals surface area contributed by atoms with Crippen LogP contribution in [0.5, 0.6) is 0 Å². The maximum atomic E-state index is 11.4. The van der Waals surface area contributed by atoms with Crippen LogP contribution >= 0.6 is 12.4 Å². The number of amides is 1. The molecule has 2 rings (SSSR count). The van der Waals surface area contributed by atoms with Crippen molar-refractivity contribution in [1.82, 2.24) is 16.2 Å². The molecule has 2 heterocycles. The molecule has 0 spiro atoms. The lowest BCUT2D eigenvalue weighted by Crippen LogP contribution is -2.59. The first-order chi connectivity index (χ1) is 7.66. The third-order valence-corrected chi connectivity index (χ3v) is 2.71. The molecule has 96 valence electrons. The van der Waals surface area contributed by atoms with Gasteiger partial charge in [-0.15, -0.1) is 12.4 Å². The number of nitrogens with one attached hydrogen (secondary N) is 3. The van der Waals surface area contributed by atoms with E-state index in [1.165, 1.54) is 0 Å². The molecule has 2 aliphatic heterocycles. The summed E-state index contributed by atoms with van der Waals surface area (Å²) in [6.45, 7) is 1.68. The number of hydrazine groups is 1. The van der Waals surface area contributed by atoms with E-state index >= 15 is 0 Å². The van der Waals surface area contributed by atoms with Crippen LogP contribution in [0.4, 0.5) is 0 Å². The average molecular weight is 263 g/mol. The monoisotopic (exact) mass is 262 g/mol. The fourth-order valence-electron chi connectivity index (χ4n) is 1.61. The number of carbonyl (C=O) groups excluding carboxylic acids is 1. The Kier molecular flexibility index (Phi) is 4.71. The molecule has 1 atom stereocenters. The van der Waals surface area contributed by atoms with E-state index in [0.29, 0.717) is 5.92 Å². The molecule has 7 nitrogen and oxygen atoms in total. The summed E-state index contributed by atoms with van der Waals surface area (Å²) >= 11 is 0. The van der Waals surface area contributed by atoms with Crippen LogP contribution < -0.4 is 16.2 Å². The Morgan fingerprint density at radius 2 is 2.12 bits per heavy atom. The zero-order valence-corrected chi connectivity index (χ0v) is 9.92. The van der Waals surface area contributed by atoms with E-state index in [2.05, 4.69) is 21.2 Å². The molecule has 8 heteroatoms. The number of amidine groups is 1. The molecule has 1 unspecified atom stereocenters. The largest absolute Gasteiger partial charge is 0.481 e. The minimum atomic E-state index is -0.909. The lowest BCUT2D eigenvalue weighted by atomic mass is 10.0. The van der Waals surface area contributed by atoms with Crippen molar-refractivity contribution in [1.29, 1.82) is 0 Å². The topological polar surface area (TPSA) is 103 Å². The van der Waals surface area contributed by atoms with Crippen molar-refractivity contribution in [3.63, 3.8) is 0 Å². The molecular formula is C9H15ClN4O3.